The normalized spacial score (nSPS) is 11.7. The number of hydrogen-bond donors (Lipinski definition) is 2. The topological polar surface area (TPSA) is 131 Å². The van der Waals surface area contributed by atoms with Gasteiger partial charge in [-0.25, -0.2) is 8.42 Å². The van der Waals surface area contributed by atoms with E-state index in [0.717, 1.165) is 16.8 Å². The smallest absolute Gasteiger partial charge is 0.322 e. The predicted molar refractivity (Wildman–Crippen MR) is 150 cm³/mol. The number of fused-ring (bicyclic) bond motifs is 1. The molecule has 40 heavy (non-hydrogen) atoms. The summed E-state index contributed by atoms with van der Waals surface area (Å²) in [5.41, 5.74) is 2.78. The molecule has 1 heterocycles. The van der Waals surface area contributed by atoms with Crippen LogP contribution < -0.4 is 14.2 Å². The summed E-state index contributed by atoms with van der Waals surface area (Å²) in [5.74, 6) is 5.29. The number of sulfonamides is 1. The van der Waals surface area contributed by atoms with E-state index < -0.39 is 22.0 Å². The van der Waals surface area contributed by atoms with E-state index in [1.165, 1.54) is 24.3 Å². The molecule has 0 saturated heterocycles. The van der Waals surface area contributed by atoms with Gasteiger partial charge in [-0.1, -0.05) is 18.1 Å². The van der Waals surface area contributed by atoms with Crippen LogP contribution in [0.2, 0.25) is 0 Å². The Hall–Kier alpha value is -4.77. The molecule has 0 aliphatic heterocycles. The number of nitrogens with one attached hydrogen (secondary N) is 1. The second-order valence-electron chi connectivity index (χ2n) is 8.88. The zero-order valence-electron chi connectivity index (χ0n) is 21.9. The molecule has 0 bridgehead atoms. The van der Waals surface area contributed by atoms with Gasteiger partial charge in [0.05, 0.1) is 23.6 Å². The molecule has 0 aliphatic rings. The number of rotatable bonds is 11. The summed E-state index contributed by atoms with van der Waals surface area (Å²) in [6.45, 7) is 2.33. The van der Waals surface area contributed by atoms with Crippen LogP contribution in [0, 0.1) is 23.2 Å². The van der Waals surface area contributed by atoms with E-state index in [9.17, 15) is 23.6 Å². The second kappa shape index (κ2) is 12.4. The van der Waals surface area contributed by atoms with Crippen LogP contribution in [0.1, 0.15) is 23.6 Å². The summed E-state index contributed by atoms with van der Waals surface area (Å²) in [6, 6.07) is 19.0. The number of carboxylic acids is 1. The third-order valence-electron chi connectivity index (χ3n) is 6.25. The van der Waals surface area contributed by atoms with Crippen LogP contribution in [0.15, 0.2) is 77.8 Å². The number of methoxy groups -OCH3 is 1. The van der Waals surface area contributed by atoms with E-state index in [1.54, 1.807) is 38.4 Å². The van der Waals surface area contributed by atoms with Crippen molar-refractivity contribution in [2.24, 2.45) is 0 Å². The molecular weight excluding hydrogens is 530 g/mol. The van der Waals surface area contributed by atoms with Crippen molar-refractivity contribution in [2.45, 2.75) is 30.8 Å². The standard InChI is InChI=1S/C30H27N3O6S/c1-3-4-15-39-25-10-12-26(13-11-25)40(36,37)32-28(30(34)35)17-23-20-33(19-21-5-8-24(38-2)9-6-21)29-14-7-22(18-31)16-27(23)29/h5-14,16,20,28,32H,15,17,19H2,1-2H3,(H,34,35)/t28-/m0/s1. The Labute approximate surface area is 232 Å². The van der Waals surface area contributed by atoms with Gasteiger partial charge < -0.3 is 19.1 Å². The quantitative estimate of drug-likeness (QED) is 0.267. The molecular formula is C30H27N3O6S. The van der Waals surface area contributed by atoms with Gasteiger partial charge in [0.25, 0.3) is 0 Å². The highest BCUT2D eigenvalue weighted by Crippen LogP contribution is 2.26. The fraction of sp³-hybridized carbons (Fsp3) is 0.200. The van der Waals surface area contributed by atoms with E-state index in [0.29, 0.717) is 28.8 Å². The Balaban J connectivity index is 1.61. The number of carboxylic acid groups (broad SMARTS) is 1. The first-order valence-corrected chi connectivity index (χ1v) is 13.7. The van der Waals surface area contributed by atoms with Crippen molar-refractivity contribution in [2.75, 3.05) is 13.7 Å². The Morgan fingerprint density at radius 3 is 2.40 bits per heavy atom. The number of aliphatic carboxylic acids is 1. The average Bonchev–Trinajstić information content (AvgIpc) is 3.29. The van der Waals surface area contributed by atoms with Gasteiger partial charge >= 0.3 is 5.97 Å². The van der Waals surface area contributed by atoms with Crippen LogP contribution in [0.25, 0.3) is 10.9 Å². The van der Waals surface area contributed by atoms with Gasteiger partial charge in [0.15, 0.2) is 0 Å². The molecule has 0 radical (unpaired) electrons. The summed E-state index contributed by atoms with van der Waals surface area (Å²) >= 11 is 0. The number of aromatic nitrogens is 1. The molecule has 4 aromatic rings. The monoisotopic (exact) mass is 557 g/mol. The maximum absolute atomic E-state index is 13.1. The molecule has 9 nitrogen and oxygen atoms in total. The highest BCUT2D eigenvalue weighted by atomic mass is 32.2. The molecule has 0 spiro atoms. The highest BCUT2D eigenvalue weighted by Gasteiger charge is 2.27. The maximum Gasteiger partial charge on any atom is 0.322 e. The number of hydrogen-bond acceptors (Lipinski definition) is 6. The summed E-state index contributed by atoms with van der Waals surface area (Å²) < 4.78 is 41.1. The summed E-state index contributed by atoms with van der Waals surface area (Å²) in [5, 5.41) is 20.1. The van der Waals surface area contributed by atoms with Crippen LogP contribution in [0.3, 0.4) is 0 Å². The van der Waals surface area contributed by atoms with Crippen molar-refractivity contribution >= 4 is 26.9 Å². The molecule has 1 aromatic heterocycles. The molecule has 4 rings (SSSR count). The minimum Gasteiger partial charge on any atom is -0.497 e. The largest absolute Gasteiger partial charge is 0.497 e. The zero-order chi connectivity index (χ0) is 28.7. The van der Waals surface area contributed by atoms with Crippen molar-refractivity contribution < 1.29 is 27.8 Å². The zero-order valence-corrected chi connectivity index (χ0v) is 22.7. The van der Waals surface area contributed by atoms with E-state index in [1.807, 2.05) is 28.8 Å². The number of benzene rings is 3. The lowest BCUT2D eigenvalue weighted by Crippen LogP contribution is -2.42. The fourth-order valence-corrected chi connectivity index (χ4v) is 5.41. The Morgan fingerprint density at radius 1 is 1.07 bits per heavy atom. The number of nitrogens with zero attached hydrogens (tertiary/aromatic N) is 2. The lowest BCUT2D eigenvalue weighted by molar-refractivity contribution is -0.138. The van der Waals surface area contributed by atoms with Crippen LogP contribution >= 0.6 is 0 Å². The van der Waals surface area contributed by atoms with Gasteiger partial charge in [-0.2, -0.15) is 9.98 Å². The van der Waals surface area contributed by atoms with Gasteiger partial charge in [0.1, 0.15) is 24.1 Å². The molecule has 0 amide bonds. The third kappa shape index (κ3) is 6.62. The Morgan fingerprint density at radius 2 is 1.77 bits per heavy atom. The van der Waals surface area contributed by atoms with E-state index in [-0.39, 0.29) is 17.9 Å². The molecule has 3 aromatic carbocycles. The van der Waals surface area contributed by atoms with E-state index in [4.69, 9.17) is 9.47 Å². The van der Waals surface area contributed by atoms with Gasteiger partial charge in [0.2, 0.25) is 10.0 Å². The Kier molecular flexibility index (Phi) is 8.75. The minimum absolute atomic E-state index is 0.0959. The SMILES string of the molecule is CC#CCOc1ccc(S(=O)(=O)N[C@@H](Cc2cn(Cc3ccc(OC)cc3)c3ccc(C#N)cc23)C(=O)O)cc1. The molecule has 0 saturated carbocycles. The van der Waals surface area contributed by atoms with Crippen LogP contribution in [-0.2, 0) is 27.8 Å². The molecule has 10 heteroatoms. The average molecular weight is 558 g/mol. The van der Waals surface area contributed by atoms with Crippen molar-refractivity contribution in [3.63, 3.8) is 0 Å². The predicted octanol–water partition coefficient (Wildman–Crippen LogP) is 3.95. The van der Waals surface area contributed by atoms with Crippen molar-refractivity contribution in [1.82, 2.24) is 9.29 Å². The molecule has 1 atom stereocenters. The molecule has 2 N–H and O–H groups in total. The minimum atomic E-state index is -4.17. The van der Waals surface area contributed by atoms with Gasteiger partial charge in [-0.05, 0) is 72.6 Å². The molecule has 0 fully saturated rings. The highest BCUT2D eigenvalue weighted by molar-refractivity contribution is 7.89. The third-order valence-corrected chi connectivity index (χ3v) is 7.73. The second-order valence-corrected chi connectivity index (χ2v) is 10.6. The summed E-state index contributed by atoms with van der Waals surface area (Å²) in [7, 11) is -2.57. The van der Waals surface area contributed by atoms with Crippen LogP contribution in [-0.4, -0.2) is 43.8 Å². The van der Waals surface area contributed by atoms with Gasteiger partial charge in [0, 0.05) is 30.1 Å². The first-order valence-electron chi connectivity index (χ1n) is 12.3. The fourth-order valence-electron chi connectivity index (χ4n) is 4.22. The molecule has 0 aliphatic carbocycles. The molecule has 204 valence electrons. The van der Waals surface area contributed by atoms with Crippen molar-refractivity contribution in [3.8, 4) is 29.4 Å². The van der Waals surface area contributed by atoms with Crippen molar-refractivity contribution in [3.05, 3.63) is 89.6 Å². The van der Waals surface area contributed by atoms with Gasteiger partial charge in [-0.3, -0.25) is 4.79 Å². The summed E-state index contributed by atoms with van der Waals surface area (Å²) in [6.07, 6.45) is 1.66. The Bertz CT molecular complexity index is 1720. The number of nitriles is 1. The lowest BCUT2D eigenvalue weighted by atomic mass is 10.0. The molecule has 0 unspecified atom stereocenters. The lowest BCUT2D eigenvalue weighted by Gasteiger charge is -2.15. The number of ether oxygens (including phenoxy) is 2. The van der Waals surface area contributed by atoms with Gasteiger partial charge in [-0.15, -0.1) is 5.92 Å². The van der Waals surface area contributed by atoms with Crippen molar-refractivity contribution in [1.29, 1.82) is 5.26 Å². The summed E-state index contributed by atoms with van der Waals surface area (Å²) in [4.78, 5) is 12.1. The van der Waals surface area contributed by atoms with E-state index >= 15 is 0 Å². The van der Waals surface area contributed by atoms with E-state index in [2.05, 4.69) is 22.6 Å². The maximum atomic E-state index is 13.1. The number of carbonyl (C=O) groups is 1. The van der Waals surface area contributed by atoms with Crippen LogP contribution in [0.4, 0.5) is 0 Å². The van der Waals surface area contributed by atoms with Crippen LogP contribution in [0.5, 0.6) is 11.5 Å². The first-order chi connectivity index (χ1) is 19.2. The first kappa shape index (κ1) is 28.2.